The summed E-state index contributed by atoms with van der Waals surface area (Å²) in [7, 11) is 0. The summed E-state index contributed by atoms with van der Waals surface area (Å²) >= 11 is 1.84. The zero-order valence-corrected chi connectivity index (χ0v) is 33.9. The molecule has 0 spiro atoms. The van der Waals surface area contributed by atoms with Gasteiger partial charge in [0.1, 0.15) is 0 Å². The zero-order valence-electron chi connectivity index (χ0n) is 33.1. The number of hydrogen-bond donors (Lipinski definition) is 0. The van der Waals surface area contributed by atoms with Crippen molar-refractivity contribution in [1.29, 1.82) is 0 Å². The van der Waals surface area contributed by atoms with Crippen molar-refractivity contribution < 1.29 is 0 Å². The SMILES string of the molecule is C1=CC(c2nc(-c3ccccc3)nc(-c3cccc(-n4c5ccc6ccccc6c5c5cccc(-c6ccc7c(c6)Sc6ccccc6N7c6ccccc6)c54)c3)n2)=CCC1. The van der Waals surface area contributed by atoms with Crippen molar-refractivity contribution in [3.63, 3.8) is 0 Å². The van der Waals surface area contributed by atoms with Gasteiger partial charge in [0.05, 0.1) is 22.4 Å². The molecule has 1 aliphatic carbocycles. The molecular formula is C55H37N5S. The molecule has 5 nitrogen and oxygen atoms in total. The molecule has 61 heavy (non-hydrogen) atoms. The number of para-hydroxylation sites is 3. The summed E-state index contributed by atoms with van der Waals surface area (Å²) in [4.78, 5) is 20.1. The van der Waals surface area contributed by atoms with E-state index in [9.17, 15) is 0 Å². The van der Waals surface area contributed by atoms with Crippen LogP contribution in [0.4, 0.5) is 17.1 Å². The normalized spacial score (nSPS) is 13.4. The first-order chi connectivity index (χ1) is 30.2. The van der Waals surface area contributed by atoms with Crippen molar-refractivity contribution in [3.05, 3.63) is 206 Å². The highest BCUT2D eigenvalue weighted by Gasteiger charge is 2.26. The van der Waals surface area contributed by atoms with Gasteiger partial charge in [-0.05, 0) is 83.8 Å². The molecule has 12 rings (SSSR count). The van der Waals surface area contributed by atoms with Gasteiger partial charge in [0.2, 0.25) is 0 Å². The maximum absolute atomic E-state index is 5.13. The zero-order chi connectivity index (χ0) is 40.3. The summed E-state index contributed by atoms with van der Waals surface area (Å²) in [6.07, 6.45) is 8.55. The summed E-state index contributed by atoms with van der Waals surface area (Å²) in [5.41, 5.74) is 12.1. The van der Waals surface area contributed by atoms with Gasteiger partial charge in [-0.25, -0.2) is 15.0 Å². The molecule has 288 valence electrons. The van der Waals surface area contributed by atoms with E-state index < -0.39 is 0 Å². The Kier molecular flexibility index (Phi) is 8.49. The predicted molar refractivity (Wildman–Crippen MR) is 253 cm³/mol. The molecule has 8 aromatic carbocycles. The van der Waals surface area contributed by atoms with E-state index in [2.05, 4.69) is 191 Å². The number of allylic oxidation sites excluding steroid dienone is 4. The highest BCUT2D eigenvalue weighted by atomic mass is 32.2. The van der Waals surface area contributed by atoms with Crippen LogP contribution in [0.15, 0.2) is 210 Å². The Balaban J connectivity index is 1.07. The second-order valence-corrected chi connectivity index (χ2v) is 16.6. The first-order valence-electron chi connectivity index (χ1n) is 20.8. The highest BCUT2D eigenvalue weighted by Crippen LogP contribution is 2.53. The highest BCUT2D eigenvalue weighted by molar-refractivity contribution is 7.99. The number of hydrogen-bond acceptors (Lipinski definition) is 5. The molecule has 1 aliphatic heterocycles. The molecule has 0 bridgehead atoms. The third kappa shape index (κ3) is 6.06. The van der Waals surface area contributed by atoms with Gasteiger partial charge in [-0.1, -0.05) is 157 Å². The first-order valence-corrected chi connectivity index (χ1v) is 21.6. The lowest BCUT2D eigenvalue weighted by atomic mass is 9.99. The van der Waals surface area contributed by atoms with Crippen LogP contribution in [0.1, 0.15) is 18.7 Å². The second-order valence-electron chi connectivity index (χ2n) is 15.5. The molecule has 0 atom stereocenters. The van der Waals surface area contributed by atoms with E-state index in [0.717, 1.165) is 57.5 Å². The van der Waals surface area contributed by atoms with Crippen molar-refractivity contribution in [1.82, 2.24) is 19.5 Å². The maximum Gasteiger partial charge on any atom is 0.164 e. The van der Waals surface area contributed by atoms with Crippen molar-refractivity contribution >= 4 is 67.0 Å². The maximum atomic E-state index is 5.13. The molecule has 3 heterocycles. The quantitative estimate of drug-likeness (QED) is 0.168. The fourth-order valence-electron chi connectivity index (χ4n) is 9.03. The van der Waals surface area contributed by atoms with Crippen LogP contribution >= 0.6 is 11.8 Å². The summed E-state index contributed by atoms with van der Waals surface area (Å²) in [5.74, 6) is 2.00. The van der Waals surface area contributed by atoms with Crippen LogP contribution in [0.2, 0.25) is 0 Å². The topological polar surface area (TPSA) is 46.8 Å². The van der Waals surface area contributed by atoms with Gasteiger partial charge in [0.25, 0.3) is 0 Å². The predicted octanol–water partition coefficient (Wildman–Crippen LogP) is 14.8. The van der Waals surface area contributed by atoms with Crippen LogP contribution in [-0.4, -0.2) is 19.5 Å². The molecular weight excluding hydrogens is 763 g/mol. The van der Waals surface area contributed by atoms with Crippen LogP contribution in [0.25, 0.3) is 77.7 Å². The van der Waals surface area contributed by atoms with Crippen molar-refractivity contribution in [2.24, 2.45) is 0 Å². The molecule has 2 aliphatic rings. The molecule has 10 aromatic rings. The molecule has 0 saturated heterocycles. The number of anilines is 3. The van der Waals surface area contributed by atoms with E-state index in [1.54, 1.807) is 0 Å². The Morgan fingerprint density at radius 2 is 1.18 bits per heavy atom. The lowest BCUT2D eigenvalue weighted by Gasteiger charge is -2.33. The molecule has 6 heteroatoms. The van der Waals surface area contributed by atoms with Crippen LogP contribution < -0.4 is 4.90 Å². The smallest absolute Gasteiger partial charge is 0.164 e. The number of fused-ring (bicyclic) bond motifs is 7. The van der Waals surface area contributed by atoms with Crippen LogP contribution in [0.5, 0.6) is 0 Å². The Bertz CT molecular complexity index is 3400. The van der Waals surface area contributed by atoms with E-state index in [1.165, 1.54) is 48.3 Å². The fourth-order valence-corrected chi connectivity index (χ4v) is 10.1. The largest absolute Gasteiger partial charge is 0.309 e. The third-order valence-corrected chi connectivity index (χ3v) is 12.9. The van der Waals surface area contributed by atoms with Gasteiger partial charge in [-0.2, -0.15) is 0 Å². The van der Waals surface area contributed by atoms with Crippen molar-refractivity contribution in [2.75, 3.05) is 4.90 Å². The Labute approximate surface area is 358 Å². The lowest BCUT2D eigenvalue weighted by Crippen LogP contribution is -2.14. The molecule has 0 fully saturated rings. The summed E-state index contributed by atoms with van der Waals surface area (Å²) < 4.78 is 2.45. The minimum atomic E-state index is 0.645. The van der Waals surface area contributed by atoms with Gasteiger partial charge in [0.15, 0.2) is 17.5 Å². The molecule has 0 unspecified atom stereocenters. The van der Waals surface area contributed by atoms with Gasteiger partial charge >= 0.3 is 0 Å². The van der Waals surface area contributed by atoms with Crippen molar-refractivity contribution in [2.45, 2.75) is 22.6 Å². The molecule has 0 N–H and O–H groups in total. The average Bonchev–Trinajstić information content (AvgIpc) is 3.69. The number of nitrogens with zero attached hydrogens (tertiary/aromatic N) is 5. The molecule has 0 radical (unpaired) electrons. The standard InChI is InChI=1S/C55H37N5S/c1-4-17-37(18-5-1)53-56-54(38-19-6-2-7-20-38)58-55(57-53)40-21-14-24-42(34-40)60-48-33-30-36-16-10-11-25-43(36)51(48)45-27-15-26-44(52(45)60)39-31-32-47-50(35-39)61-49-29-13-12-28-46(49)59(47)41-22-8-3-9-23-41/h1,3-6,8-35H,2,7H2. The summed E-state index contributed by atoms with van der Waals surface area (Å²) in [6.45, 7) is 0. The van der Waals surface area contributed by atoms with Crippen molar-refractivity contribution in [3.8, 4) is 39.6 Å². The number of rotatable bonds is 6. The van der Waals surface area contributed by atoms with E-state index >= 15 is 0 Å². The van der Waals surface area contributed by atoms with E-state index in [4.69, 9.17) is 15.0 Å². The third-order valence-electron chi connectivity index (χ3n) is 11.8. The lowest BCUT2D eigenvalue weighted by molar-refractivity contribution is 1.01. The molecule has 2 aromatic heterocycles. The first kappa shape index (κ1) is 35.4. The number of benzene rings is 8. The second kappa shape index (κ2) is 14.6. The minimum Gasteiger partial charge on any atom is -0.309 e. The number of aromatic nitrogens is 4. The van der Waals surface area contributed by atoms with E-state index in [-0.39, 0.29) is 0 Å². The van der Waals surface area contributed by atoms with E-state index in [1.807, 2.05) is 30.0 Å². The monoisotopic (exact) mass is 799 g/mol. The molecule has 0 saturated carbocycles. The minimum absolute atomic E-state index is 0.645. The molecule has 0 amide bonds. The Hall–Kier alpha value is -7.54. The Morgan fingerprint density at radius 3 is 2.05 bits per heavy atom. The van der Waals surface area contributed by atoms with Gasteiger partial charge in [0, 0.05) is 54.2 Å². The van der Waals surface area contributed by atoms with Gasteiger partial charge in [-0.15, -0.1) is 0 Å². The summed E-state index contributed by atoms with van der Waals surface area (Å²) in [6, 6.07) is 65.2. The van der Waals surface area contributed by atoms with Crippen LogP contribution in [0.3, 0.4) is 0 Å². The van der Waals surface area contributed by atoms with Crippen LogP contribution in [0, 0.1) is 0 Å². The fraction of sp³-hybridized carbons (Fsp3) is 0.0364. The van der Waals surface area contributed by atoms with Gasteiger partial charge < -0.3 is 9.47 Å². The Morgan fingerprint density at radius 1 is 0.475 bits per heavy atom. The van der Waals surface area contributed by atoms with Crippen LogP contribution in [-0.2, 0) is 0 Å². The van der Waals surface area contributed by atoms with Gasteiger partial charge in [-0.3, -0.25) is 0 Å². The van der Waals surface area contributed by atoms with E-state index in [0.29, 0.717) is 17.5 Å². The summed E-state index contributed by atoms with van der Waals surface area (Å²) in [5, 5.41) is 4.90. The average molecular weight is 800 g/mol.